The first kappa shape index (κ1) is 14.9. The molecule has 2 aromatic carbocycles. The summed E-state index contributed by atoms with van der Waals surface area (Å²) in [6.07, 6.45) is -0.756. The first-order valence-corrected chi connectivity index (χ1v) is 6.74. The molecule has 5 heteroatoms. The van der Waals surface area contributed by atoms with Crippen LogP contribution >= 0.6 is 0 Å². The molecule has 110 valence electrons. The van der Waals surface area contributed by atoms with Crippen LogP contribution in [0.4, 0.5) is 10.5 Å². The van der Waals surface area contributed by atoms with E-state index in [-0.39, 0.29) is 12.6 Å². The number of nitrogens with two attached hydrogens (primary N) is 1. The third-order valence-electron chi connectivity index (χ3n) is 3.07. The van der Waals surface area contributed by atoms with E-state index < -0.39 is 6.10 Å². The molecule has 2 amide bonds. The first-order chi connectivity index (χ1) is 10.1. The lowest BCUT2D eigenvalue weighted by atomic mass is 10.1. The molecule has 1 atom stereocenters. The van der Waals surface area contributed by atoms with E-state index >= 15 is 0 Å². The van der Waals surface area contributed by atoms with E-state index in [0.717, 1.165) is 5.56 Å². The van der Waals surface area contributed by atoms with Gasteiger partial charge in [0.25, 0.3) is 0 Å². The van der Waals surface area contributed by atoms with E-state index in [4.69, 9.17) is 5.73 Å². The smallest absolute Gasteiger partial charge is 0.315 e. The maximum absolute atomic E-state index is 11.7. The zero-order valence-electron chi connectivity index (χ0n) is 11.6. The molecule has 0 aliphatic heterocycles. The summed E-state index contributed by atoms with van der Waals surface area (Å²) in [7, 11) is 0. The Morgan fingerprint density at radius 1 is 1.05 bits per heavy atom. The second-order valence-electron chi connectivity index (χ2n) is 4.73. The fourth-order valence-electron chi connectivity index (χ4n) is 1.87. The molecule has 2 rings (SSSR count). The van der Waals surface area contributed by atoms with Crippen molar-refractivity contribution >= 4 is 11.7 Å². The zero-order valence-corrected chi connectivity index (χ0v) is 11.6. The van der Waals surface area contributed by atoms with Gasteiger partial charge in [0.15, 0.2) is 0 Å². The van der Waals surface area contributed by atoms with Crippen LogP contribution in [0.15, 0.2) is 54.6 Å². The van der Waals surface area contributed by atoms with Gasteiger partial charge in [-0.15, -0.1) is 0 Å². The minimum atomic E-state index is -0.756. The molecule has 0 heterocycles. The molecule has 0 aromatic heterocycles. The molecule has 0 aliphatic carbocycles. The highest BCUT2D eigenvalue weighted by Crippen LogP contribution is 2.13. The Bertz CT molecular complexity index is 570. The van der Waals surface area contributed by atoms with Crippen LogP contribution in [0.1, 0.15) is 17.2 Å². The Morgan fingerprint density at radius 2 is 1.71 bits per heavy atom. The lowest BCUT2D eigenvalue weighted by molar-refractivity contribution is 0.173. The number of hydrogen-bond acceptors (Lipinski definition) is 3. The lowest BCUT2D eigenvalue weighted by Crippen LogP contribution is -2.37. The third-order valence-corrected chi connectivity index (χ3v) is 3.07. The standard InChI is InChI=1S/C16H19N3O2/c17-14-8-6-13(7-9-14)15(20)11-19-16(21)18-10-12-4-2-1-3-5-12/h1-9,15,20H,10-11,17H2,(H2,18,19,21). The summed E-state index contributed by atoms with van der Waals surface area (Å²) < 4.78 is 0. The maximum Gasteiger partial charge on any atom is 0.315 e. The normalized spacial score (nSPS) is 11.7. The maximum atomic E-state index is 11.7. The number of carbonyl (C=O) groups excluding carboxylic acids is 1. The van der Waals surface area contributed by atoms with Crippen LogP contribution in [0.25, 0.3) is 0 Å². The van der Waals surface area contributed by atoms with Gasteiger partial charge < -0.3 is 21.5 Å². The summed E-state index contributed by atoms with van der Waals surface area (Å²) in [4.78, 5) is 11.7. The van der Waals surface area contributed by atoms with E-state index in [2.05, 4.69) is 10.6 Å². The Labute approximate surface area is 123 Å². The van der Waals surface area contributed by atoms with Crippen molar-refractivity contribution < 1.29 is 9.90 Å². The Hall–Kier alpha value is -2.53. The average molecular weight is 285 g/mol. The van der Waals surface area contributed by atoms with Gasteiger partial charge in [0.1, 0.15) is 0 Å². The fourth-order valence-corrected chi connectivity index (χ4v) is 1.87. The van der Waals surface area contributed by atoms with Crippen molar-refractivity contribution in [1.29, 1.82) is 0 Å². The molecule has 0 saturated heterocycles. The molecule has 21 heavy (non-hydrogen) atoms. The van der Waals surface area contributed by atoms with Gasteiger partial charge in [-0.1, -0.05) is 42.5 Å². The quantitative estimate of drug-likeness (QED) is 0.632. The number of amides is 2. The van der Waals surface area contributed by atoms with Gasteiger partial charge in [-0.3, -0.25) is 0 Å². The number of benzene rings is 2. The van der Waals surface area contributed by atoms with Gasteiger partial charge in [0.2, 0.25) is 0 Å². The lowest BCUT2D eigenvalue weighted by Gasteiger charge is -2.13. The van der Waals surface area contributed by atoms with Crippen molar-refractivity contribution in [1.82, 2.24) is 10.6 Å². The Morgan fingerprint density at radius 3 is 2.38 bits per heavy atom. The molecule has 0 bridgehead atoms. The third kappa shape index (κ3) is 4.81. The largest absolute Gasteiger partial charge is 0.399 e. The molecular formula is C16H19N3O2. The number of nitrogen functional groups attached to an aromatic ring is 1. The minimum absolute atomic E-state index is 0.143. The van der Waals surface area contributed by atoms with Gasteiger partial charge in [-0.05, 0) is 23.3 Å². The van der Waals surface area contributed by atoms with Crippen molar-refractivity contribution in [2.24, 2.45) is 0 Å². The second kappa shape index (κ2) is 7.31. The van der Waals surface area contributed by atoms with Crippen molar-refractivity contribution in [3.63, 3.8) is 0 Å². The van der Waals surface area contributed by atoms with E-state index in [9.17, 15) is 9.90 Å². The van der Waals surface area contributed by atoms with Gasteiger partial charge in [-0.2, -0.15) is 0 Å². The van der Waals surface area contributed by atoms with Crippen molar-refractivity contribution in [2.75, 3.05) is 12.3 Å². The molecular weight excluding hydrogens is 266 g/mol. The Balaban J connectivity index is 1.74. The topological polar surface area (TPSA) is 87.4 Å². The first-order valence-electron chi connectivity index (χ1n) is 6.74. The summed E-state index contributed by atoms with van der Waals surface area (Å²) in [6, 6.07) is 16.2. The van der Waals surface area contributed by atoms with Crippen molar-refractivity contribution in [3.05, 3.63) is 65.7 Å². The van der Waals surface area contributed by atoms with Gasteiger partial charge >= 0.3 is 6.03 Å². The average Bonchev–Trinajstić information content (AvgIpc) is 2.52. The van der Waals surface area contributed by atoms with Crippen molar-refractivity contribution in [2.45, 2.75) is 12.6 Å². The zero-order chi connectivity index (χ0) is 15.1. The van der Waals surface area contributed by atoms with Gasteiger partial charge in [0.05, 0.1) is 6.10 Å². The van der Waals surface area contributed by atoms with E-state index in [1.165, 1.54) is 0 Å². The molecule has 0 spiro atoms. The van der Waals surface area contributed by atoms with E-state index in [1.807, 2.05) is 30.3 Å². The summed E-state index contributed by atoms with van der Waals surface area (Å²) >= 11 is 0. The highest BCUT2D eigenvalue weighted by molar-refractivity contribution is 5.73. The van der Waals surface area contributed by atoms with Gasteiger partial charge in [-0.25, -0.2) is 4.79 Å². The highest BCUT2D eigenvalue weighted by Gasteiger charge is 2.09. The molecule has 0 aliphatic rings. The van der Waals surface area contributed by atoms with Gasteiger partial charge in [0, 0.05) is 18.8 Å². The monoisotopic (exact) mass is 285 g/mol. The number of urea groups is 1. The summed E-state index contributed by atoms with van der Waals surface area (Å²) in [6.45, 7) is 0.592. The second-order valence-corrected chi connectivity index (χ2v) is 4.73. The number of anilines is 1. The minimum Gasteiger partial charge on any atom is -0.399 e. The van der Waals surface area contributed by atoms with Crippen LogP contribution < -0.4 is 16.4 Å². The highest BCUT2D eigenvalue weighted by atomic mass is 16.3. The summed E-state index contributed by atoms with van der Waals surface area (Å²) in [5.41, 5.74) is 7.96. The number of nitrogens with one attached hydrogen (secondary N) is 2. The number of rotatable bonds is 5. The van der Waals surface area contributed by atoms with Crippen LogP contribution in [-0.4, -0.2) is 17.7 Å². The van der Waals surface area contributed by atoms with Crippen molar-refractivity contribution in [3.8, 4) is 0 Å². The molecule has 5 N–H and O–H groups in total. The SMILES string of the molecule is Nc1ccc(C(O)CNC(=O)NCc2ccccc2)cc1. The Kier molecular flexibility index (Phi) is 5.17. The molecule has 2 aromatic rings. The number of aliphatic hydroxyl groups excluding tert-OH is 1. The fraction of sp³-hybridized carbons (Fsp3) is 0.188. The van der Waals surface area contributed by atoms with Crippen LogP contribution in [0.2, 0.25) is 0 Å². The molecule has 0 saturated carbocycles. The van der Waals surface area contributed by atoms with E-state index in [0.29, 0.717) is 17.8 Å². The van der Waals surface area contributed by atoms with Crippen LogP contribution in [0, 0.1) is 0 Å². The predicted molar refractivity (Wildman–Crippen MR) is 82.5 cm³/mol. The van der Waals surface area contributed by atoms with Crippen LogP contribution in [0.5, 0.6) is 0 Å². The number of aliphatic hydroxyl groups is 1. The summed E-state index contributed by atoms with van der Waals surface area (Å²) in [5, 5.41) is 15.3. The summed E-state index contributed by atoms with van der Waals surface area (Å²) in [5.74, 6) is 0. The molecule has 0 fully saturated rings. The number of carbonyl (C=O) groups is 1. The predicted octanol–water partition coefficient (Wildman–Crippen LogP) is 1.80. The molecule has 1 unspecified atom stereocenters. The molecule has 5 nitrogen and oxygen atoms in total. The number of hydrogen-bond donors (Lipinski definition) is 4. The van der Waals surface area contributed by atoms with Crippen LogP contribution in [0.3, 0.4) is 0 Å². The molecule has 0 radical (unpaired) electrons. The van der Waals surface area contributed by atoms with Crippen LogP contribution in [-0.2, 0) is 6.54 Å². The van der Waals surface area contributed by atoms with E-state index in [1.54, 1.807) is 24.3 Å².